The van der Waals surface area contributed by atoms with Crippen molar-refractivity contribution in [3.05, 3.63) is 41.1 Å². The molecule has 0 radical (unpaired) electrons. The lowest BCUT2D eigenvalue weighted by Gasteiger charge is -2.10. The van der Waals surface area contributed by atoms with Gasteiger partial charge < -0.3 is 10.2 Å². The molecule has 1 N–H and O–H groups in total. The zero-order valence-electron chi connectivity index (χ0n) is 12.4. The van der Waals surface area contributed by atoms with Crippen LogP contribution in [0.5, 0.6) is 0 Å². The van der Waals surface area contributed by atoms with Gasteiger partial charge in [-0.3, -0.25) is 4.79 Å². The minimum atomic E-state index is -0.261. The number of rotatable bonds is 5. The predicted molar refractivity (Wildman–Crippen MR) is 80.9 cm³/mol. The lowest BCUT2D eigenvalue weighted by atomic mass is 10.1. The highest BCUT2D eigenvalue weighted by atomic mass is 16.2. The highest BCUT2D eigenvalue weighted by Crippen LogP contribution is 2.14. The largest absolute Gasteiger partial charge is 0.349 e. The molecule has 0 saturated heterocycles. The molecule has 0 aliphatic carbocycles. The molecule has 6 nitrogen and oxygen atoms in total. The molecule has 22 heavy (non-hydrogen) atoms. The predicted octanol–water partition coefficient (Wildman–Crippen LogP) is 1.94. The monoisotopic (exact) mass is 293 g/mol. The molecular formula is C16H15N5O. The third-order valence-corrected chi connectivity index (χ3v) is 2.94. The molecule has 1 rings (SSSR count). The Labute approximate surface area is 129 Å². The molecule has 1 aromatic carbocycles. The summed E-state index contributed by atoms with van der Waals surface area (Å²) in [6.45, 7) is 0. The van der Waals surface area contributed by atoms with Gasteiger partial charge in [0.15, 0.2) is 5.57 Å². The van der Waals surface area contributed by atoms with Gasteiger partial charge in [0, 0.05) is 26.2 Å². The Hall–Kier alpha value is -3.30. The zero-order chi connectivity index (χ0) is 16.5. The van der Waals surface area contributed by atoms with Gasteiger partial charge in [-0.1, -0.05) is 12.1 Å². The van der Waals surface area contributed by atoms with Crippen LogP contribution in [0.4, 0.5) is 5.69 Å². The first-order valence-electron chi connectivity index (χ1n) is 6.52. The van der Waals surface area contributed by atoms with E-state index in [2.05, 4.69) is 5.32 Å². The van der Waals surface area contributed by atoms with Crippen LogP contribution in [0.1, 0.15) is 12.0 Å². The lowest BCUT2D eigenvalue weighted by Crippen LogP contribution is -2.21. The normalized spacial score (nSPS) is 8.86. The molecule has 1 amide bonds. The van der Waals surface area contributed by atoms with Gasteiger partial charge in [-0.2, -0.15) is 15.8 Å². The fourth-order valence-electron chi connectivity index (χ4n) is 1.66. The molecule has 6 heteroatoms. The Kier molecular flexibility index (Phi) is 6.16. The van der Waals surface area contributed by atoms with Crippen molar-refractivity contribution < 1.29 is 4.79 Å². The number of aryl methyl sites for hydroxylation is 1. The van der Waals surface area contributed by atoms with Crippen molar-refractivity contribution in [2.45, 2.75) is 12.8 Å². The quantitative estimate of drug-likeness (QED) is 0.835. The van der Waals surface area contributed by atoms with Gasteiger partial charge in [0.1, 0.15) is 23.9 Å². The maximum absolute atomic E-state index is 11.5. The van der Waals surface area contributed by atoms with Crippen LogP contribution in [0.15, 0.2) is 35.5 Å². The number of amides is 1. The number of hydrogen-bond acceptors (Lipinski definition) is 5. The Balaban J connectivity index is 2.77. The molecule has 1 aromatic rings. The van der Waals surface area contributed by atoms with Crippen LogP contribution in [0.2, 0.25) is 0 Å². The number of nitrogens with one attached hydrogen (secondary N) is 1. The summed E-state index contributed by atoms with van der Waals surface area (Å²) in [7, 11) is 3.43. The number of nitriles is 3. The molecule has 0 spiro atoms. The molecule has 0 heterocycles. The van der Waals surface area contributed by atoms with Crippen LogP contribution >= 0.6 is 0 Å². The molecule has 0 aliphatic heterocycles. The number of nitrogens with zero attached hydrogens (tertiary/aromatic N) is 4. The number of allylic oxidation sites excluding steroid dienone is 2. The van der Waals surface area contributed by atoms with Gasteiger partial charge >= 0.3 is 0 Å². The summed E-state index contributed by atoms with van der Waals surface area (Å²) in [5.74, 6) is 0.0598. The van der Waals surface area contributed by atoms with E-state index in [0.717, 1.165) is 5.56 Å². The summed E-state index contributed by atoms with van der Waals surface area (Å²) in [4.78, 5) is 13.1. The molecule has 0 aliphatic rings. The Morgan fingerprint density at radius 3 is 2.14 bits per heavy atom. The summed E-state index contributed by atoms with van der Waals surface area (Å²) >= 11 is 0. The number of hydrogen-bond donors (Lipinski definition) is 1. The zero-order valence-corrected chi connectivity index (χ0v) is 12.4. The maximum atomic E-state index is 11.5. The Morgan fingerprint density at radius 2 is 1.68 bits per heavy atom. The second-order valence-electron chi connectivity index (χ2n) is 4.70. The van der Waals surface area contributed by atoms with Crippen LogP contribution in [0.25, 0.3) is 0 Å². The van der Waals surface area contributed by atoms with Crippen LogP contribution in [0.3, 0.4) is 0 Å². The van der Waals surface area contributed by atoms with Crippen LogP contribution in [-0.4, -0.2) is 24.9 Å². The summed E-state index contributed by atoms with van der Waals surface area (Å²) in [5.41, 5.74) is 1.25. The Morgan fingerprint density at radius 1 is 1.09 bits per heavy atom. The summed E-state index contributed by atoms with van der Waals surface area (Å²) < 4.78 is 0. The number of benzene rings is 1. The SMILES string of the molecule is CN(C)C(=O)CCc1ccc(NC(C#N)=C(C#N)C#N)cc1. The highest BCUT2D eigenvalue weighted by Gasteiger charge is 2.07. The second kappa shape index (κ2) is 8.09. The van der Waals surface area contributed by atoms with E-state index in [9.17, 15) is 4.79 Å². The first-order valence-corrected chi connectivity index (χ1v) is 6.52. The summed E-state index contributed by atoms with van der Waals surface area (Å²) in [6.07, 6.45) is 1.05. The first kappa shape index (κ1) is 16.8. The van der Waals surface area contributed by atoms with Gasteiger partial charge in [0.25, 0.3) is 0 Å². The molecule has 110 valence electrons. The minimum Gasteiger partial charge on any atom is -0.349 e. The highest BCUT2D eigenvalue weighted by molar-refractivity contribution is 5.75. The van der Waals surface area contributed by atoms with Gasteiger partial charge in [0.05, 0.1) is 0 Å². The van der Waals surface area contributed by atoms with E-state index in [4.69, 9.17) is 15.8 Å². The van der Waals surface area contributed by atoms with Crippen molar-refractivity contribution in [1.82, 2.24) is 4.90 Å². The molecule has 0 saturated carbocycles. The average Bonchev–Trinajstić information content (AvgIpc) is 2.53. The minimum absolute atomic E-state index is 0.0598. The topological polar surface area (TPSA) is 104 Å². The van der Waals surface area contributed by atoms with Gasteiger partial charge in [-0.05, 0) is 24.1 Å². The number of carbonyl (C=O) groups excluding carboxylic acids is 1. The lowest BCUT2D eigenvalue weighted by molar-refractivity contribution is -0.128. The van der Waals surface area contributed by atoms with Crippen molar-refractivity contribution in [3.63, 3.8) is 0 Å². The van der Waals surface area contributed by atoms with Gasteiger partial charge in [-0.15, -0.1) is 0 Å². The molecule has 0 unspecified atom stereocenters. The molecule has 0 atom stereocenters. The average molecular weight is 293 g/mol. The maximum Gasteiger partial charge on any atom is 0.222 e. The van der Waals surface area contributed by atoms with Gasteiger partial charge in [-0.25, -0.2) is 0 Å². The van der Waals surface area contributed by atoms with E-state index >= 15 is 0 Å². The molecule has 0 aromatic heterocycles. The fourth-order valence-corrected chi connectivity index (χ4v) is 1.66. The first-order chi connectivity index (χ1) is 10.5. The van der Waals surface area contributed by atoms with Crippen molar-refractivity contribution in [2.24, 2.45) is 0 Å². The van der Waals surface area contributed by atoms with Crippen LogP contribution < -0.4 is 5.32 Å². The van der Waals surface area contributed by atoms with Crippen LogP contribution in [-0.2, 0) is 11.2 Å². The summed E-state index contributed by atoms with van der Waals surface area (Å²) in [6, 6.07) is 12.3. The Bertz CT molecular complexity index is 680. The molecule has 0 fully saturated rings. The third-order valence-electron chi connectivity index (χ3n) is 2.94. The standard InChI is InChI=1S/C16H15N5O/c1-21(2)16(22)8-5-12-3-6-14(7-4-12)20-15(11-19)13(9-17)10-18/h3-4,6-7,20H,5,8H2,1-2H3. The van der Waals surface area contributed by atoms with E-state index < -0.39 is 0 Å². The van der Waals surface area contributed by atoms with E-state index in [1.54, 1.807) is 49.3 Å². The van der Waals surface area contributed by atoms with Crippen molar-refractivity contribution in [1.29, 1.82) is 15.8 Å². The van der Waals surface area contributed by atoms with E-state index in [1.165, 1.54) is 0 Å². The van der Waals surface area contributed by atoms with E-state index in [1.807, 2.05) is 12.1 Å². The third kappa shape index (κ3) is 4.67. The van der Waals surface area contributed by atoms with Crippen LogP contribution in [0, 0.1) is 34.0 Å². The van der Waals surface area contributed by atoms with Crippen molar-refractivity contribution >= 4 is 11.6 Å². The van der Waals surface area contributed by atoms with E-state index in [0.29, 0.717) is 18.5 Å². The molecular weight excluding hydrogens is 278 g/mol. The number of anilines is 1. The molecule has 0 bridgehead atoms. The van der Waals surface area contributed by atoms with Gasteiger partial charge in [0.2, 0.25) is 5.91 Å². The van der Waals surface area contributed by atoms with Crippen molar-refractivity contribution in [3.8, 4) is 18.2 Å². The van der Waals surface area contributed by atoms with Crippen molar-refractivity contribution in [2.75, 3.05) is 19.4 Å². The smallest absolute Gasteiger partial charge is 0.222 e. The fraction of sp³-hybridized carbons (Fsp3) is 0.250. The summed E-state index contributed by atoms with van der Waals surface area (Å²) in [5, 5.41) is 29.2. The van der Waals surface area contributed by atoms with E-state index in [-0.39, 0.29) is 17.2 Å². The number of carbonyl (C=O) groups is 1. The second-order valence-corrected chi connectivity index (χ2v) is 4.70.